The minimum Gasteiger partial charge on any atom is -0.497 e. The van der Waals surface area contributed by atoms with Crippen LogP contribution >= 0.6 is 0 Å². The van der Waals surface area contributed by atoms with Crippen molar-refractivity contribution in [3.8, 4) is 5.75 Å². The van der Waals surface area contributed by atoms with Gasteiger partial charge < -0.3 is 40.1 Å². The lowest BCUT2D eigenvalue weighted by molar-refractivity contribution is -0.158. The molecule has 0 aromatic heterocycles. The lowest BCUT2D eigenvalue weighted by Crippen LogP contribution is -2.62. The van der Waals surface area contributed by atoms with Gasteiger partial charge in [0.1, 0.15) is 48.6 Å². The second kappa shape index (κ2) is 18.0. The van der Waals surface area contributed by atoms with Crippen molar-refractivity contribution in [1.29, 1.82) is 0 Å². The normalized spacial score (nSPS) is 26.7. The third-order valence-corrected chi connectivity index (χ3v) is 11.1. The number of amides is 6. The summed E-state index contributed by atoms with van der Waals surface area (Å²) >= 11 is 0. The first kappa shape index (κ1) is 40.2. The number of hydrogen-bond donors (Lipinski definition) is 3. The molecule has 2 aromatic rings. The number of esters is 1. The molecule has 0 bridgehead atoms. The van der Waals surface area contributed by atoms with Crippen molar-refractivity contribution >= 4 is 41.4 Å². The van der Waals surface area contributed by atoms with Gasteiger partial charge in [-0.2, -0.15) is 0 Å². The Hall–Kier alpha value is -5.47. The first-order valence-corrected chi connectivity index (χ1v) is 19.6. The largest absolute Gasteiger partial charge is 0.497 e. The van der Waals surface area contributed by atoms with Gasteiger partial charge in [0.2, 0.25) is 35.4 Å². The fourth-order valence-corrected chi connectivity index (χ4v) is 8.26. The molecule has 6 amide bonds. The summed E-state index contributed by atoms with van der Waals surface area (Å²) in [5, 5.41) is 8.38. The minimum atomic E-state index is -1.43. The average molecular weight is 773 g/mol. The molecule has 4 heterocycles. The van der Waals surface area contributed by atoms with Crippen LogP contribution < -0.4 is 20.7 Å². The first-order valence-electron chi connectivity index (χ1n) is 19.6. The Morgan fingerprint density at radius 3 is 2.32 bits per heavy atom. The van der Waals surface area contributed by atoms with E-state index in [0.29, 0.717) is 56.4 Å². The molecule has 0 radical (unpaired) electrons. The Labute approximate surface area is 326 Å². The Balaban J connectivity index is 1.29. The van der Waals surface area contributed by atoms with E-state index in [1.165, 1.54) is 21.8 Å². The summed E-state index contributed by atoms with van der Waals surface area (Å²) < 4.78 is 11.0. The monoisotopic (exact) mass is 772 g/mol. The summed E-state index contributed by atoms with van der Waals surface area (Å²) in [5.74, 6) is -3.28. The molecule has 2 aromatic carbocycles. The molecule has 4 aliphatic heterocycles. The second-order valence-corrected chi connectivity index (χ2v) is 15.3. The van der Waals surface area contributed by atoms with Gasteiger partial charge in [0, 0.05) is 26.1 Å². The van der Waals surface area contributed by atoms with Crippen LogP contribution in [0.25, 0.3) is 0 Å². The van der Waals surface area contributed by atoms with Crippen molar-refractivity contribution in [1.82, 2.24) is 30.7 Å². The third kappa shape index (κ3) is 9.31. The molecule has 56 heavy (non-hydrogen) atoms. The Kier molecular flexibility index (Phi) is 12.9. The van der Waals surface area contributed by atoms with Gasteiger partial charge in [-0.15, -0.1) is 0 Å². The maximum absolute atomic E-state index is 14.5. The number of piperidine rings is 1. The quantitative estimate of drug-likeness (QED) is 0.331. The molecule has 0 spiro atoms. The van der Waals surface area contributed by atoms with E-state index in [1.807, 2.05) is 37.3 Å². The van der Waals surface area contributed by atoms with Crippen LogP contribution in [0.4, 0.5) is 0 Å². The van der Waals surface area contributed by atoms with Crippen molar-refractivity contribution in [2.75, 3.05) is 33.4 Å². The molecule has 0 unspecified atom stereocenters. The van der Waals surface area contributed by atoms with E-state index in [1.54, 1.807) is 31.2 Å². The molecular weight excluding hydrogens is 720 g/mol. The van der Waals surface area contributed by atoms with Crippen LogP contribution in [0.2, 0.25) is 0 Å². The van der Waals surface area contributed by atoms with E-state index in [-0.39, 0.29) is 37.8 Å². The zero-order chi connectivity index (χ0) is 39.9. The highest BCUT2D eigenvalue weighted by atomic mass is 16.5. The predicted octanol–water partition coefficient (Wildman–Crippen LogP) is 1.12. The lowest BCUT2D eigenvalue weighted by atomic mass is 9.99. The first-order chi connectivity index (χ1) is 26.9. The molecular formula is C41H52N6O9. The number of fused-ring (bicyclic) bond motifs is 3. The number of ether oxygens (including phenoxy) is 2. The molecule has 6 rings (SSSR count). The summed E-state index contributed by atoms with van der Waals surface area (Å²) in [7, 11) is 1.53. The summed E-state index contributed by atoms with van der Waals surface area (Å²) in [5.41, 5.74) is 1.42. The van der Waals surface area contributed by atoms with E-state index >= 15 is 0 Å². The molecule has 0 saturated carbocycles. The molecule has 7 atom stereocenters. The lowest BCUT2D eigenvalue weighted by Gasteiger charge is -2.39. The number of nitrogens with zero attached hydrogens (tertiary/aromatic N) is 3. The van der Waals surface area contributed by atoms with Gasteiger partial charge in [-0.05, 0) is 74.6 Å². The molecule has 4 fully saturated rings. The van der Waals surface area contributed by atoms with Crippen molar-refractivity contribution in [2.45, 2.75) is 101 Å². The Bertz CT molecular complexity index is 1810. The SMILES string of the molecule is COc1cccc(CC(=O)N[C@@H](Cc2ccccc2)C(=O)N[C@H]2COC(=O)[C@@H]3C[C@H](C)CN3C(=O)[C@H](C)NC(=O)[C@@H]3CCCCN3C(=O)[C@@H]3CCCN3C2=O)c1. The topological polar surface area (TPSA) is 184 Å². The molecule has 3 N–H and O–H groups in total. The average Bonchev–Trinajstić information content (AvgIpc) is 3.85. The Morgan fingerprint density at radius 1 is 0.839 bits per heavy atom. The summed E-state index contributed by atoms with van der Waals surface area (Å²) in [6.07, 6.45) is 3.00. The molecule has 4 saturated heterocycles. The zero-order valence-electron chi connectivity index (χ0n) is 32.2. The van der Waals surface area contributed by atoms with Crippen molar-refractivity contribution in [2.24, 2.45) is 5.92 Å². The molecule has 15 nitrogen and oxygen atoms in total. The van der Waals surface area contributed by atoms with Crippen molar-refractivity contribution in [3.05, 3.63) is 65.7 Å². The fourth-order valence-electron chi connectivity index (χ4n) is 8.26. The van der Waals surface area contributed by atoms with E-state index in [2.05, 4.69) is 16.0 Å². The minimum absolute atomic E-state index is 0.0452. The van der Waals surface area contributed by atoms with Crippen LogP contribution in [0.3, 0.4) is 0 Å². The highest BCUT2D eigenvalue weighted by molar-refractivity contribution is 5.98. The number of carbonyl (C=O) groups excluding carboxylic acids is 7. The molecule has 15 heteroatoms. The van der Waals surface area contributed by atoms with Crippen molar-refractivity contribution in [3.63, 3.8) is 0 Å². The fraction of sp³-hybridized carbons (Fsp3) is 0.537. The number of cyclic esters (lactones) is 1. The van der Waals surface area contributed by atoms with Gasteiger partial charge in [0.25, 0.3) is 0 Å². The highest BCUT2D eigenvalue weighted by Gasteiger charge is 2.46. The standard InChI is InChI=1S/C41H52N6O9/c1-25-19-34-41(54)56-24-31(44-36(49)30(21-27-11-5-4-6-12-27)43-35(48)22-28-13-9-14-29(20-28)55-3)39(52)46-18-10-16-33(46)40(53)45-17-8-7-15-32(45)37(50)42-26(2)38(51)47(34)23-25/h4-6,9,11-14,20,25-26,30-34H,7-8,10,15-19,21-24H2,1-3H3,(H,42,50)(H,43,48)(H,44,49)/t25-,26-,30-,31-,32-,33-,34-/m0/s1. The van der Waals surface area contributed by atoms with E-state index in [0.717, 1.165) is 5.56 Å². The van der Waals surface area contributed by atoms with Crippen LogP contribution in [0.5, 0.6) is 5.75 Å². The maximum Gasteiger partial charge on any atom is 0.328 e. The highest BCUT2D eigenvalue weighted by Crippen LogP contribution is 2.28. The van der Waals surface area contributed by atoms with Gasteiger partial charge in [-0.1, -0.05) is 49.4 Å². The van der Waals surface area contributed by atoms with E-state index in [9.17, 15) is 33.6 Å². The number of methoxy groups -OCH3 is 1. The Morgan fingerprint density at radius 2 is 1.55 bits per heavy atom. The molecule has 300 valence electrons. The van der Waals surface area contributed by atoms with Crippen molar-refractivity contribution < 1.29 is 43.0 Å². The van der Waals surface area contributed by atoms with Gasteiger partial charge in [-0.3, -0.25) is 28.8 Å². The zero-order valence-corrected chi connectivity index (χ0v) is 32.2. The maximum atomic E-state index is 14.5. The summed E-state index contributed by atoms with van der Waals surface area (Å²) in [6, 6.07) is 9.88. The van der Waals surface area contributed by atoms with Crippen LogP contribution in [0, 0.1) is 5.92 Å². The predicted molar refractivity (Wildman–Crippen MR) is 203 cm³/mol. The van der Waals surface area contributed by atoms with Gasteiger partial charge in [-0.25, -0.2) is 4.79 Å². The van der Waals surface area contributed by atoms with Crippen LogP contribution in [0.1, 0.15) is 63.5 Å². The number of rotatable bonds is 8. The number of hydrogen-bond acceptors (Lipinski definition) is 9. The molecule has 0 aliphatic carbocycles. The van der Waals surface area contributed by atoms with E-state index in [4.69, 9.17) is 9.47 Å². The van der Waals surface area contributed by atoms with E-state index < -0.39 is 78.4 Å². The number of benzene rings is 2. The van der Waals surface area contributed by atoms with Gasteiger partial charge in [0.05, 0.1) is 13.5 Å². The van der Waals surface area contributed by atoms with Crippen LogP contribution in [-0.2, 0) is 51.1 Å². The van der Waals surface area contributed by atoms with Crippen LogP contribution in [0.15, 0.2) is 54.6 Å². The van der Waals surface area contributed by atoms with Crippen LogP contribution in [-0.4, -0.2) is 126 Å². The smallest absolute Gasteiger partial charge is 0.328 e. The summed E-state index contributed by atoms with van der Waals surface area (Å²) in [4.78, 5) is 102. The van der Waals surface area contributed by atoms with Gasteiger partial charge >= 0.3 is 5.97 Å². The molecule has 4 aliphatic rings. The second-order valence-electron chi connectivity index (χ2n) is 15.3. The number of carbonyl (C=O) groups is 7. The van der Waals surface area contributed by atoms with Gasteiger partial charge in [0.15, 0.2) is 0 Å². The number of nitrogens with one attached hydrogen (secondary N) is 3. The summed E-state index contributed by atoms with van der Waals surface area (Å²) in [6.45, 7) is 3.69. The third-order valence-electron chi connectivity index (χ3n) is 11.1.